The summed E-state index contributed by atoms with van der Waals surface area (Å²) in [6.45, 7) is 4.92. The average Bonchev–Trinajstić information content (AvgIpc) is 3.39. The van der Waals surface area contributed by atoms with Crippen LogP contribution in [0.1, 0.15) is 47.1 Å². The van der Waals surface area contributed by atoms with E-state index in [1.54, 1.807) is 59.7 Å². The van der Waals surface area contributed by atoms with Gasteiger partial charge in [-0.1, -0.05) is 18.5 Å². The van der Waals surface area contributed by atoms with E-state index in [-0.39, 0.29) is 30.4 Å². The Morgan fingerprint density at radius 3 is 2.47 bits per heavy atom. The first-order valence-corrected chi connectivity index (χ1v) is 13.4. The molecule has 8 heteroatoms. The fourth-order valence-corrected chi connectivity index (χ4v) is 5.42. The number of fused-ring (bicyclic) bond motifs is 1. The summed E-state index contributed by atoms with van der Waals surface area (Å²) < 4.78 is 11.3. The van der Waals surface area contributed by atoms with Crippen LogP contribution < -0.4 is 9.47 Å². The highest BCUT2D eigenvalue weighted by Crippen LogP contribution is 2.34. The quantitative estimate of drug-likeness (QED) is 0.350. The zero-order valence-corrected chi connectivity index (χ0v) is 22.3. The van der Waals surface area contributed by atoms with E-state index in [2.05, 4.69) is 11.4 Å². The fraction of sp³-hybridized carbons (Fsp3) is 0.357. The van der Waals surface area contributed by atoms with Crippen molar-refractivity contribution in [3.8, 4) is 11.5 Å². The average molecular weight is 527 g/mol. The molecule has 0 aliphatic carbocycles. The van der Waals surface area contributed by atoms with Gasteiger partial charge in [0.25, 0.3) is 5.91 Å². The Labute approximate surface area is 221 Å². The molecule has 0 saturated heterocycles. The van der Waals surface area contributed by atoms with Gasteiger partial charge in [-0.25, -0.2) is 0 Å². The van der Waals surface area contributed by atoms with E-state index in [0.717, 1.165) is 18.4 Å². The van der Waals surface area contributed by atoms with Gasteiger partial charge in [-0.05, 0) is 85.3 Å². The molecule has 0 fully saturated rings. The molecule has 1 aliphatic rings. The van der Waals surface area contributed by atoms with Crippen molar-refractivity contribution >= 4 is 34.8 Å². The Hall–Kier alpha value is -3.03. The Morgan fingerprint density at radius 2 is 1.81 bits per heavy atom. The molecular weight excluding hydrogens is 496 g/mol. The number of hydrogen-bond donors (Lipinski definition) is 0. The molecule has 3 aromatic rings. The van der Waals surface area contributed by atoms with Crippen LogP contribution in [0, 0.1) is 0 Å². The number of nitrogens with zero attached hydrogens (tertiary/aromatic N) is 2. The predicted molar refractivity (Wildman–Crippen MR) is 143 cm³/mol. The first-order valence-electron chi connectivity index (χ1n) is 12.1. The zero-order valence-electron chi connectivity index (χ0n) is 20.8. The first kappa shape index (κ1) is 26.0. The van der Waals surface area contributed by atoms with Gasteiger partial charge < -0.3 is 19.3 Å². The van der Waals surface area contributed by atoms with Crippen LogP contribution in [-0.4, -0.2) is 54.5 Å². The molecule has 190 valence electrons. The first-order chi connectivity index (χ1) is 17.4. The summed E-state index contributed by atoms with van der Waals surface area (Å²) in [6.07, 6.45) is 1.54. The van der Waals surface area contributed by atoms with Crippen LogP contribution in [0.3, 0.4) is 0 Å². The topological polar surface area (TPSA) is 59.1 Å². The molecule has 4 rings (SSSR count). The number of ether oxygens (including phenoxy) is 2. The lowest BCUT2D eigenvalue weighted by atomic mass is 10.00. The minimum absolute atomic E-state index is 0.0107. The van der Waals surface area contributed by atoms with Gasteiger partial charge in [0.1, 0.15) is 24.7 Å². The summed E-state index contributed by atoms with van der Waals surface area (Å²) in [6, 6.07) is 16.0. The number of amides is 2. The van der Waals surface area contributed by atoms with Crippen molar-refractivity contribution in [3.05, 3.63) is 81.0 Å². The normalized spacial score (nSPS) is 15.7. The Kier molecular flexibility index (Phi) is 8.54. The third-order valence-corrected chi connectivity index (χ3v) is 7.91. The fourth-order valence-electron chi connectivity index (χ4n) is 4.36. The lowest BCUT2D eigenvalue weighted by molar-refractivity contribution is -0.136. The van der Waals surface area contributed by atoms with Gasteiger partial charge in [-0.15, -0.1) is 11.3 Å². The highest BCUT2D eigenvalue weighted by molar-refractivity contribution is 7.10. The number of carbonyl (C=O) groups is 2. The lowest BCUT2D eigenvalue weighted by Gasteiger charge is -2.38. The van der Waals surface area contributed by atoms with Crippen LogP contribution in [0.4, 0.5) is 0 Å². The van der Waals surface area contributed by atoms with E-state index < -0.39 is 0 Å². The maximum absolute atomic E-state index is 13.7. The molecule has 1 aliphatic heterocycles. The van der Waals surface area contributed by atoms with Crippen molar-refractivity contribution in [3.63, 3.8) is 0 Å². The van der Waals surface area contributed by atoms with Crippen molar-refractivity contribution < 1.29 is 19.1 Å². The van der Waals surface area contributed by atoms with Crippen LogP contribution in [0.25, 0.3) is 0 Å². The zero-order chi connectivity index (χ0) is 25.7. The molecule has 0 spiro atoms. The molecule has 0 bridgehead atoms. The second kappa shape index (κ2) is 11.8. The summed E-state index contributed by atoms with van der Waals surface area (Å²) in [7, 11) is 1.59. The molecule has 36 heavy (non-hydrogen) atoms. The molecule has 6 nitrogen and oxygen atoms in total. The molecule has 0 radical (unpaired) electrons. The smallest absolute Gasteiger partial charge is 0.254 e. The number of benzene rings is 2. The Bertz CT molecular complexity index is 1180. The number of halogens is 1. The number of rotatable bonds is 9. The Morgan fingerprint density at radius 1 is 1.11 bits per heavy atom. The molecule has 0 N–H and O–H groups in total. The van der Waals surface area contributed by atoms with Gasteiger partial charge in [-0.3, -0.25) is 9.59 Å². The SMILES string of the molecule is CC[C@H](C)N(CC(=O)N1CCc2sccc2[C@@H]1COc1ccc(Cl)cc1)C(=O)c1ccc(OC)cc1. The number of hydrogen-bond acceptors (Lipinski definition) is 5. The van der Waals surface area contributed by atoms with E-state index in [4.69, 9.17) is 21.1 Å². The van der Waals surface area contributed by atoms with Crippen molar-refractivity contribution in [2.45, 2.75) is 38.8 Å². The van der Waals surface area contributed by atoms with E-state index in [1.165, 1.54) is 4.88 Å². The molecule has 2 amide bonds. The van der Waals surface area contributed by atoms with Crippen LogP contribution >= 0.6 is 22.9 Å². The summed E-state index contributed by atoms with van der Waals surface area (Å²) in [4.78, 5) is 31.9. The minimum Gasteiger partial charge on any atom is -0.497 e. The van der Waals surface area contributed by atoms with Gasteiger partial charge in [-0.2, -0.15) is 0 Å². The van der Waals surface area contributed by atoms with Crippen LogP contribution in [-0.2, 0) is 11.2 Å². The van der Waals surface area contributed by atoms with Crippen molar-refractivity contribution in [2.75, 3.05) is 26.8 Å². The third kappa shape index (κ3) is 5.85. The van der Waals surface area contributed by atoms with Gasteiger partial charge in [0.05, 0.1) is 13.2 Å². The van der Waals surface area contributed by atoms with Crippen LogP contribution in [0.2, 0.25) is 5.02 Å². The van der Waals surface area contributed by atoms with Crippen molar-refractivity contribution in [1.82, 2.24) is 9.80 Å². The maximum Gasteiger partial charge on any atom is 0.254 e. The second-order valence-electron chi connectivity index (χ2n) is 8.84. The molecule has 2 heterocycles. The molecule has 0 unspecified atom stereocenters. The van der Waals surface area contributed by atoms with Crippen LogP contribution in [0.15, 0.2) is 60.0 Å². The standard InChI is InChI=1S/C28H31ClN2O4S/c1-4-19(2)31(28(33)20-5-9-22(34-3)10-6-20)17-27(32)30-15-13-26-24(14-16-36-26)25(30)18-35-23-11-7-21(29)8-12-23/h5-12,14,16,19,25H,4,13,15,17-18H2,1-3H3/t19-,25-/m0/s1. The van der Waals surface area contributed by atoms with E-state index in [9.17, 15) is 9.59 Å². The molecule has 0 saturated carbocycles. The summed E-state index contributed by atoms with van der Waals surface area (Å²) >= 11 is 7.71. The number of carbonyl (C=O) groups excluding carboxylic acids is 2. The molecular formula is C28H31ClN2O4S. The van der Waals surface area contributed by atoms with E-state index >= 15 is 0 Å². The number of thiophene rings is 1. The van der Waals surface area contributed by atoms with Crippen molar-refractivity contribution in [1.29, 1.82) is 0 Å². The molecule has 2 atom stereocenters. The molecule has 2 aromatic carbocycles. The number of methoxy groups -OCH3 is 1. The lowest BCUT2D eigenvalue weighted by Crippen LogP contribution is -2.49. The predicted octanol–water partition coefficient (Wildman–Crippen LogP) is 5.86. The summed E-state index contributed by atoms with van der Waals surface area (Å²) in [5, 5.41) is 2.70. The monoisotopic (exact) mass is 526 g/mol. The van der Waals surface area contributed by atoms with E-state index in [0.29, 0.717) is 35.2 Å². The summed E-state index contributed by atoms with van der Waals surface area (Å²) in [5.74, 6) is 1.13. The molecule has 1 aromatic heterocycles. The largest absolute Gasteiger partial charge is 0.497 e. The van der Waals surface area contributed by atoms with Gasteiger partial charge in [0, 0.05) is 28.0 Å². The highest BCUT2D eigenvalue weighted by Gasteiger charge is 2.34. The van der Waals surface area contributed by atoms with Gasteiger partial charge in [0.15, 0.2) is 0 Å². The van der Waals surface area contributed by atoms with Crippen LogP contribution in [0.5, 0.6) is 11.5 Å². The second-order valence-corrected chi connectivity index (χ2v) is 10.3. The third-order valence-electron chi connectivity index (χ3n) is 6.66. The van der Waals surface area contributed by atoms with E-state index in [1.807, 2.05) is 30.9 Å². The Balaban J connectivity index is 1.53. The van der Waals surface area contributed by atoms with Crippen molar-refractivity contribution in [2.24, 2.45) is 0 Å². The minimum atomic E-state index is -0.224. The highest BCUT2D eigenvalue weighted by atomic mass is 35.5. The summed E-state index contributed by atoms with van der Waals surface area (Å²) in [5.41, 5.74) is 1.65. The van der Waals surface area contributed by atoms with Gasteiger partial charge >= 0.3 is 0 Å². The van der Waals surface area contributed by atoms with Gasteiger partial charge in [0.2, 0.25) is 5.91 Å². The maximum atomic E-state index is 13.7.